The summed E-state index contributed by atoms with van der Waals surface area (Å²) in [6.45, 7) is 1.42. The molecule has 3 aromatic rings. The highest BCUT2D eigenvalue weighted by Gasteiger charge is 2.30. The van der Waals surface area contributed by atoms with Crippen LogP contribution in [0.2, 0.25) is 5.02 Å². The molecule has 0 bridgehead atoms. The second kappa shape index (κ2) is 11.0. The summed E-state index contributed by atoms with van der Waals surface area (Å²) in [7, 11) is -4.18. The molecule has 0 unspecified atom stereocenters. The molecule has 1 amide bonds. The van der Waals surface area contributed by atoms with Crippen molar-refractivity contribution in [3.63, 3.8) is 0 Å². The number of nitrogens with zero attached hydrogens (tertiary/aromatic N) is 1. The van der Waals surface area contributed by atoms with Crippen LogP contribution in [0.4, 0.5) is 18.9 Å². The van der Waals surface area contributed by atoms with E-state index in [1.165, 1.54) is 48.5 Å². The minimum atomic E-state index is -4.52. The largest absolute Gasteiger partial charge is 0.494 e. The Morgan fingerprint density at radius 2 is 1.69 bits per heavy atom. The van der Waals surface area contributed by atoms with Crippen molar-refractivity contribution in [2.45, 2.75) is 24.5 Å². The van der Waals surface area contributed by atoms with Gasteiger partial charge in [-0.05, 0) is 73.2 Å². The Morgan fingerprint density at radius 1 is 1.03 bits per heavy atom. The van der Waals surface area contributed by atoms with Crippen molar-refractivity contribution >= 4 is 33.2 Å². The number of hydrogen-bond acceptors (Lipinski definition) is 4. The van der Waals surface area contributed by atoms with E-state index in [4.69, 9.17) is 16.3 Å². The van der Waals surface area contributed by atoms with Gasteiger partial charge in [-0.1, -0.05) is 23.7 Å². The van der Waals surface area contributed by atoms with Gasteiger partial charge in [-0.15, -0.1) is 0 Å². The topological polar surface area (TPSA) is 75.7 Å². The maximum Gasteiger partial charge on any atom is 0.416 e. The molecule has 0 aliphatic carbocycles. The lowest BCUT2D eigenvalue weighted by atomic mass is 10.1. The van der Waals surface area contributed by atoms with Crippen LogP contribution in [-0.2, 0) is 27.5 Å². The van der Waals surface area contributed by atoms with Crippen LogP contribution >= 0.6 is 11.6 Å². The number of benzene rings is 3. The summed E-state index contributed by atoms with van der Waals surface area (Å²) in [4.78, 5) is 12.6. The predicted octanol–water partition coefficient (Wildman–Crippen LogP) is 5.27. The molecule has 35 heavy (non-hydrogen) atoms. The van der Waals surface area contributed by atoms with Gasteiger partial charge in [0.1, 0.15) is 12.3 Å². The quantitative estimate of drug-likeness (QED) is 0.412. The summed E-state index contributed by atoms with van der Waals surface area (Å²) in [5.74, 6) is -0.178. The van der Waals surface area contributed by atoms with Crippen LogP contribution < -0.4 is 14.4 Å². The highest BCUT2D eigenvalue weighted by atomic mass is 35.5. The summed E-state index contributed by atoms with van der Waals surface area (Å²) in [6.07, 6.45) is -4.52. The number of carbonyl (C=O) groups excluding carboxylic acids is 1. The standard InChI is InChI=1S/C24H22ClF3N2O4S/c1-2-34-21-10-8-20(9-11-21)30(35(32,33)22-12-6-19(25)7-13-22)16-23(31)29-15-17-4-3-5-18(14-17)24(26,27)28/h3-14H,2,15-16H2,1H3,(H,29,31). The molecule has 186 valence electrons. The predicted molar refractivity (Wildman–Crippen MR) is 127 cm³/mol. The lowest BCUT2D eigenvalue weighted by Crippen LogP contribution is -2.40. The third kappa shape index (κ3) is 6.89. The van der Waals surface area contributed by atoms with Crippen LogP contribution in [0.1, 0.15) is 18.1 Å². The summed E-state index contributed by atoms with van der Waals surface area (Å²) in [6, 6.07) is 16.1. The van der Waals surface area contributed by atoms with Crippen LogP contribution in [-0.4, -0.2) is 27.5 Å². The Labute approximate surface area is 206 Å². The van der Waals surface area contributed by atoms with Crippen molar-refractivity contribution in [2.75, 3.05) is 17.5 Å². The lowest BCUT2D eigenvalue weighted by molar-refractivity contribution is -0.137. The van der Waals surface area contributed by atoms with Crippen LogP contribution in [0.25, 0.3) is 0 Å². The average molecular weight is 527 g/mol. The van der Waals surface area contributed by atoms with Gasteiger partial charge < -0.3 is 10.1 Å². The molecule has 0 atom stereocenters. The van der Waals surface area contributed by atoms with E-state index in [2.05, 4.69) is 5.32 Å². The number of anilines is 1. The molecule has 1 N–H and O–H groups in total. The Morgan fingerprint density at radius 3 is 2.29 bits per heavy atom. The second-order valence-corrected chi connectivity index (χ2v) is 9.67. The summed E-state index contributed by atoms with van der Waals surface area (Å²) >= 11 is 5.87. The molecule has 0 radical (unpaired) electrons. The van der Waals surface area contributed by atoms with Crippen molar-refractivity contribution in [3.8, 4) is 5.75 Å². The van der Waals surface area contributed by atoms with Gasteiger partial charge in [-0.25, -0.2) is 8.42 Å². The molecule has 0 fully saturated rings. The van der Waals surface area contributed by atoms with E-state index < -0.39 is 34.2 Å². The Balaban J connectivity index is 1.84. The number of amides is 1. The number of hydrogen-bond donors (Lipinski definition) is 1. The van der Waals surface area contributed by atoms with Crippen molar-refractivity contribution in [3.05, 3.63) is 88.9 Å². The number of alkyl halides is 3. The molecule has 3 aromatic carbocycles. The summed E-state index contributed by atoms with van der Waals surface area (Å²) in [5, 5.41) is 2.83. The minimum Gasteiger partial charge on any atom is -0.494 e. The lowest BCUT2D eigenvalue weighted by Gasteiger charge is -2.24. The minimum absolute atomic E-state index is 0.0820. The van der Waals surface area contributed by atoms with Gasteiger partial charge >= 0.3 is 6.18 Å². The molecule has 0 aliphatic heterocycles. The SMILES string of the molecule is CCOc1ccc(N(CC(=O)NCc2cccc(C(F)(F)F)c2)S(=O)(=O)c2ccc(Cl)cc2)cc1. The third-order valence-corrected chi connectivity index (χ3v) is 6.91. The van der Waals surface area contributed by atoms with Gasteiger partial charge in [0.25, 0.3) is 10.0 Å². The molecule has 0 saturated carbocycles. The van der Waals surface area contributed by atoms with Gasteiger partial charge in [0.05, 0.1) is 22.8 Å². The first-order valence-electron chi connectivity index (χ1n) is 10.4. The summed E-state index contributed by atoms with van der Waals surface area (Å²) < 4.78 is 71.9. The third-order valence-electron chi connectivity index (χ3n) is 4.87. The number of carbonyl (C=O) groups is 1. The first-order chi connectivity index (χ1) is 16.5. The van der Waals surface area contributed by atoms with Crippen molar-refractivity contribution in [1.82, 2.24) is 5.32 Å². The van der Waals surface area contributed by atoms with Crippen molar-refractivity contribution in [1.29, 1.82) is 0 Å². The van der Waals surface area contributed by atoms with Gasteiger partial charge in [0.15, 0.2) is 0 Å². The molecule has 0 spiro atoms. The molecular weight excluding hydrogens is 505 g/mol. The fourth-order valence-electron chi connectivity index (χ4n) is 3.17. The van der Waals surface area contributed by atoms with Gasteiger partial charge in [0, 0.05) is 11.6 Å². The van der Waals surface area contributed by atoms with Gasteiger partial charge in [0.2, 0.25) is 5.91 Å². The number of ether oxygens (including phenoxy) is 1. The zero-order chi connectivity index (χ0) is 25.6. The van der Waals surface area contributed by atoms with E-state index >= 15 is 0 Å². The van der Waals surface area contributed by atoms with Gasteiger partial charge in [-0.3, -0.25) is 9.10 Å². The van der Waals surface area contributed by atoms with E-state index in [0.717, 1.165) is 16.4 Å². The molecule has 6 nitrogen and oxygen atoms in total. The number of sulfonamides is 1. The molecule has 11 heteroatoms. The molecule has 0 aromatic heterocycles. The molecule has 0 aliphatic rings. The van der Waals surface area contributed by atoms with E-state index in [-0.39, 0.29) is 22.7 Å². The van der Waals surface area contributed by atoms with Crippen LogP contribution in [0.15, 0.2) is 77.7 Å². The fraction of sp³-hybridized carbons (Fsp3) is 0.208. The van der Waals surface area contributed by atoms with Crippen LogP contribution in [0, 0.1) is 0 Å². The maximum absolute atomic E-state index is 13.4. The Bertz CT molecular complexity index is 1270. The molecule has 0 saturated heterocycles. The van der Waals surface area contributed by atoms with E-state index in [9.17, 15) is 26.4 Å². The first-order valence-corrected chi connectivity index (χ1v) is 12.3. The summed E-state index contributed by atoms with van der Waals surface area (Å²) in [5.41, 5.74) is -0.412. The number of rotatable bonds is 9. The number of nitrogens with one attached hydrogen (secondary N) is 1. The highest BCUT2D eigenvalue weighted by molar-refractivity contribution is 7.92. The monoisotopic (exact) mass is 526 g/mol. The second-order valence-electron chi connectivity index (χ2n) is 7.37. The Hall–Kier alpha value is -3.24. The molecule has 3 rings (SSSR count). The van der Waals surface area contributed by atoms with Crippen LogP contribution in [0.5, 0.6) is 5.75 Å². The molecular formula is C24H22ClF3N2O4S. The average Bonchev–Trinajstić information content (AvgIpc) is 2.82. The molecule has 0 heterocycles. The fourth-order valence-corrected chi connectivity index (χ4v) is 4.72. The normalized spacial score (nSPS) is 11.7. The Kier molecular flexibility index (Phi) is 8.29. The maximum atomic E-state index is 13.4. The van der Waals surface area contributed by atoms with Crippen molar-refractivity contribution in [2.24, 2.45) is 0 Å². The van der Waals surface area contributed by atoms with Gasteiger partial charge in [-0.2, -0.15) is 13.2 Å². The smallest absolute Gasteiger partial charge is 0.416 e. The zero-order valence-corrected chi connectivity index (χ0v) is 20.1. The first kappa shape index (κ1) is 26.4. The van der Waals surface area contributed by atoms with Crippen LogP contribution in [0.3, 0.4) is 0 Å². The van der Waals surface area contributed by atoms with E-state index in [0.29, 0.717) is 17.4 Å². The zero-order valence-electron chi connectivity index (χ0n) is 18.5. The van der Waals surface area contributed by atoms with Crippen molar-refractivity contribution < 1.29 is 31.1 Å². The van der Waals surface area contributed by atoms with E-state index in [1.807, 2.05) is 0 Å². The highest BCUT2D eigenvalue weighted by Crippen LogP contribution is 2.30. The van der Waals surface area contributed by atoms with E-state index in [1.54, 1.807) is 19.1 Å². The number of halogens is 4.